The van der Waals surface area contributed by atoms with Gasteiger partial charge in [-0.05, 0) is 12.1 Å². The van der Waals surface area contributed by atoms with Crippen molar-refractivity contribution in [3.8, 4) is 11.8 Å². The van der Waals surface area contributed by atoms with E-state index in [9.17, 15) is 4.39 Å². The van der Waals surface area contributed by atoms with Crippen LogP contribution in [0.15, 0.2) is 30.6 Å². The van der Waals surface area contributed by atoms with Gasteiger partial charge in [0.15, 0.2) is 0 Å². The summed E-state index contributed by atoms with van der Waals surface area (Å²) < 4.78 is 16.0. The minimum atomic E-state index is -0.267. The Morgan fingerprint density at radius 1 is 1.40 bits per heavy atom. The van der Waals surface area contributed by atoms with Crippen molar-refractivity contribution in [3.63, 3.8) is 0 Å². The van der Waals surface area contributed by atoms with Crippen molar-refractivity contribution < 1.29 is 9.50 Å². The minimum Gasteiger partial charge on any atom is -0.395 e. The van der Waals surface area contributed by atoms with Crippen molar-refractivity contribution in [2.24, 2.45) is 0 Å². The van der Waals surface area contributed by atoms with Gasteiger partial charge in [-0.25, -0.2) is 9.37 Å². The highest BCUT2D eigenvalue weighted by molar-refractivity contribution is 5.37. The van der Waals surface area contributed by atoms with Crippen LogP contribution in [0, 0.1) is 17.7 Å². The molecule has 1 aromatic heterocycles. The number of rotatable bonds is 4. The van der Waals surface area contributed by atoms with Gasteiger partial charge >= 0.3 is 0 Å². The molecule has 0 amide bonds. The molecule has 20 heavy (non-hydrogen) atoms. The number of imidazole rings is 1. The molecule has 0 atom stereocenters. The Morgan fingerprint density at radius 3 is 2.95 bits per heavy atom. The van der Waals surface area contributed by atoms with Crippen molar-refractivity contribution in [1.29, 1.82) is 0 Å². The maximum Gasteiger partial charge on any atom is 0.129 e. The number of aryl methyl sites for hydroxylation is 1. The molecule has 1 aromatic carbocycles. The van der Waals surface area contributed by atoms with Crippen LogP contribution in [-0.2, 0) is 13.0 Å². The molecule has 0 saturated carbocycles. The molecule has 0 saturated heterocycles. The van der Waals surface area contributed by atoms with E-state index >= 15 is 0 Å². The van der Waals surface area contributed by atoms with Gasteiger partial charge in [0.2, 0.25) is 0 Å². The molecule has 1 heterocycles. The van der Waals surface area contributed by atoms with Crippen LogP contribution in [0.25, 0.3) is 0 Å². The second-order valence-electron chi connectivity index (χ2n) is 4.41. The number of benzene rings is 1. The number of aliphatic hydroxyl groups excluding tert-OH is 1. The summed E-state index contributed by atoms with van der Waals surface area (Å²) in [6.45, 7) is 2.52. The summed E-state index contributed by atoms with van der Waals surface area (Å²) in [4.78, 5) is 4.22. The SMILES string of the molecule is CCc1nccn1Cc1ccc(C#CCCO)cc1F. The molecule has 3 nitrogen and oxygen atoms in total. The smallest absolute Gasteiger partial charge is 0.129 e. The molecule has 2 rings (SSSR count). The van der Waals surface area contributed by atoms with Crippen molar-refractivity contribution in [2.45, 2.75) is 26.3 Å². The largest absolute Gasteiger partial charge is 0.395 e. The van der Waals surface area contributed by atoms with Gasteiger partial charge in [-0.1, -0.05) is 24.8 Å². The van der Waals surface area contributed by atoms with Crippen molar-refractivity contribution >= 4 is 0 Å². The lowest BCUT2D eigenvalue weighted by Crippen LogP contribution is -2.05. The van der Waals surface area contributed by atoms with Crippen molar-refractivity contribution in [1.82, 2.24) is 9.55 Å². The van der Waals surface area contributed by atoms with Crippen molar-refractivity contribution in [3.05, 3.63) is 53.4 Å². The normalized spacial score (nSPS) is 10.2. The summed E-state index contributed by atoms with van der Waals surface area (Å²) in [5, 5.41) is 8.65. The number of nitrogens with zero attached hydrogens (tertiary/aromatic N) is 2. The van der Waals surface area contributed by atoms with E-state index in [0.29, 0.717) is 24.1 Å². The Kier molecular flexibility index (Phi) is 4.91. The molecule has 0 aliphatic heterocycles. The van der Waals surface area contributed by atoms with E-state index in [1.54, 1.807) is 18.3 Å². The third-order valence-electron chi connectivity index (χ3n) is 2.98. The van der Waals surface area contributed by atoms with E-state index in [4.69, 9.17) is 5.11 Å². The molecule has 0 bridgehead atoms. The average molecular weight is 272 g/mol. The van der Waals surface area contributed by atoms with E-state index in [2.05, 4.69) is 16.8 Å². The predicted octanol–water partition coefficient (Wildman–Crippen LogP) is 2.37. The van der Waals surface area contributed by atoms with Crippen LogP contribution in [0.4, 0.5) is 4.39 Å². The highest BCUT2D eigenvalue weighted by Crippen LogP contribution is 2.13. The zero-order valence-electron chi connectivity index (χ0n) is 11.4. The van der Waals surface area contributed by atoms with Crippen LogP contribution in [0.3, 0.4) is 0 Å². The molecular weight excluding hydrogens is 255 g/mol. The second kappa shape index (κ2) is 6.88. The molecule has 0 aliphatic rings. The molecule has 0 aliphatic carbocycles. The molecule has 0 spiro atoms. The fourth-order valence-electron chi connectivity index (χ4n) is 1.96. The molecule has 0 unspecified atom stereocenters. The van der Waals surface area contributed by atoms with Gasteiger partial charge in [-0.2, -0.15) is 0 Å². The lowest BCUT2D eigenvalue weighted by atomic mass is 10.1. The lowest BCUT2D eigenvalue weighted by Gasteiger charge is -2.08. The first-order valence-corrected chi connectivity index (χ1v) is 6.62. The summed E-state index contributed by atoms with van der Waals surface area (Å²) in [6, 6.07) is 4.98. The number of hydrogen-bond donors (Lipinski definition) is 1. The highest BCUT2D eigenvalue weighted by Gasteiger charge is 2.06. The van der Waals surface area contributed by atoms with E-state index in [0.717, 1.165) is 12.2 Å². The van der Waals surface area contributed by atoms with Gasteiger partial charge in [-0.3, -0.25) is 0 Å². The summed E-state index contributed by atoms with van der Waals surface area (Å²) in [5.74, 6) is 6.28. The highest BCUT2D eigenvalue weighted by atomic mass is 19.1. The molecule has 2 aromatic rings. The van der Waals surface area contributed by atoms with E-state index in [1.165, 1.54) is 6.07 Å². The first kappa shape index (κ1) is 14.3. The fraction of sp³-hybridized carbons (Fsp3) is 0.312. The number of aromatic nitrogens is 2. The third-order valence-corrected chi connectivity index (χ3v) is 2.98. The molecule has 1 N–H and O–H groups in total. The van der Waals surface area contributed by atoms with Gasteiger partial charge in [-0.15, -0.1) is 0 Å². The van der Waals surface area contributed by atoms with Gasteiger partial charge in [0.25, 0.3) is 0 Å². The first-order valence-electron chi connectivity index (χ1n) is 6.62. The van der Waals surface area contributed by atoms with Crippen LogP contribution < -0.4 is 0 Å². The number of aliphatic hydroxyl groups is 1. The zero-order valence-corrected chi connectivity index (χ0v) is 11.4. The molecule has 104 valence electrons. The van der Waals surface area contributed by atoms with Crippen LogP contribution in [0.2, 0.25) is 0 Å². The monoisotopic (exact) mass is 272 g/mol. The standard InChI is InChI=1S/C16H17FN2O/c1-2-16-18-8-9-19(16)12-14-7-6-13(11-15(14)17)5-3-4-10-20/h6-9,11,20H,2,4,10,12H2,1H3. The Bertz CT molecular complexity index is 637. The minimum absolute atomic E-state index is 0.0218. The number of hydrogen-bond acceptors (Lipinski definition) is 2. The molecule has 0 fully saturated rings. The fourth-order valence-corrected chi connectivity index (χ4v) is 1.96. The Balaban J connectivity index is 2.16. The quantitative estimate of drug-likeness (QED) is 0.868. The van der Waals surface area contributed by atoms with Gasteiger partial charge in [0, 0.05) is 36.4 Å². The zero-order chi connectivity index (χ0) is 14.4. The molecule has 0 radical (unpaired) electrons. The van der Waals surface area contributed by atoms with E-state index in [-0.39, 0.29) is 12.4 Å². The van der Waals surface area contributed by atoms with Gasteiger partial charge in [0.05, 0.1) is 13.2 Å². The Hall–Kier alpha value is -2.12. The number of halogens is 1. The lowest BCUT2D eigenvalue weighted by molar-refractivity contribution is 0.305. The van der Waals surface area contributed by atoms with Crippen molar-refractivity contribution in [2.75, 3.05) is 6.61 Å². The van der Waals surface area contributed by atoms with Gasteiger partial charge < -0.3 is 9.67 Å². The summed E-state index contributed by atoms with van der Waals surface area (Å²) in [5.41, 5.74) is 1.24. The van der Waals surface area contributed by atoms with Crippen LogP contribution in [0.1, 0.15) is 30.3 Å². The molecule has 4 heteroatoms. The van der Waals surface area contributed by atoms with Crippen LogP contribution >= 0.6 is 0 Å². The maximum absolute atomic E-state index is 14.0. The van der Waals surface area contributed by atoms with Gasteiger partial charge in [0.1, 0.15) is 11.6 Å². The topological polar surface area (TPSA) is 38.0 Å². The average Bonchev–Trinajstić information content (AvgIpc) is 2.89. The predicted molar refractivity (Wildman–Crippen MR) is 75.7 cm³/mol. The van der Waals surface area contributed by atoms with Crippen LogP contribution in [-0.4, -0.2) is 21.3 Å². The van der Waals surface area contributed by atoms with E-state index in [1.807, 2.05) is 17.7 Å². The maximum atomic E-state index is 14.0. The Labute approximate surface area is 118 Å². The summed E-state index contributed by atoms with van der Waals surface area (Å²) >= 11 is 0. The van der Waals surface area contributed by atoms with E-state index < -0.39 is 0 Å². The second-order valence-corrected chi connectivity index (χ2v) is 4.41. The molecular formula is C16H17FN2O. The first-order chi connectivity index (χ1) is 9.74. The van der Waals surface area contributed by atoms with Crippen LogP contribution in [0.5, 0.6) is 0 Å². The Morgan fingerprint density at radius 2 is 2.25 bits per heavy atom. The summed E-state index contributed by atoms with van der Waals surface area (Å²) in [7, 11) is 0. The third kappa shape index (κ3) is 3.46. The summed E-state index contributed by atoms with van der Waals surface area (Å²) in [6.07, 6.45) is 4.80.